The third kappa shape index (κ3) is 8.00. The van der Waals surface area contributed by atoms with Crippen LogP contribution in [0.1, 0.15) is 18.9 Å². The molecule has 6 nitrogen and oxygen atoms in total. The summed E-state index contributed by atoms with van der Waals surface area (Å²) in [5.41, 5.74) is 1.68. The van der Waals surface area contributed by atoms with E-state index < -0.39 is 18.3 Å². The van der Waals surface area contributed by atoms with E-state index in [1.807, 2.05) is 18.2 Å². The van der Waals surface area contributed by atoms with E-state index in [4.69, 9.17) is 21.1 Å². The Morgan fingerprint density at radius 2 is 1.85 bits per heavy atom. The zero-order chi connectivity index (χ0) is 19.5. The second-order valence-corrected chi connectivity index (χ2v) is 6.24. The van der Waals surface area contributed by atoms with Gasteiger partial charge < -0.3 is 14.8 Å². The van der Waals surface area contributed by atoms with Crippen molar-refractivity contribution in [1.82, 2.24) is 5.32 Å². The van der Waals surface area contributed by atoms with Gasteiger partial charge in [-0.15, -0.1) is 11.6 Å². The molecule has 0 saturated carbocycles. The zero-order valence-electron chi connectivity index (χ0n) is 15.1. The van der Waals surface area contributed by atoms with Crippen molar-refractivity contribution >= 4 is 29.5 Å². The highest BCUT2D eigenvalue weighted by Crippen LogP contribution is 2.18. The Balaban J connectivity index is 1.74. The Morgan fingerprint density at radius 1 is 1.07 bits per heavy atom. The third-order valence-corrected chi connectivity index (χ3v) is 4.01. The molecule has 1 unspecified atom stereocenters. The molecule has 0 radical (unpaired) electrons. The molecule has 2 amide bonds. The molecule has 0 aliphatic rings. The first kappa shape index (κ1) is 20.6. The molecule has 27 heavy (non-hydrogen) atoms. The fourth-order valence-electron chi connectivity index (χ4n) is 2.27. The lowest BCUT2D eigenvalue weighted by atomic mass is 10.1. The molecule has 0 aliphatic heterocycles. The van der Waals surface area contributed by atoms with Crippen LogP contribution in [-0.2, 0) is 11.2 Å². The van der Waals surface area contributed by atoms with Crippen LogP contribution in [0.2, 0.25) is 0 Å². The summed E-state index contributed by atoms with van der Waals surface area (Å²) in [7, 11) is 0. The number of nitrogens with one attached hydrogen (secondary N) is 2. The minimum Gasteiger partial charge on any atom is -0.445 e. The summed E-state index contributed by atoms with van der Waals surface area (Å²) in [6, 6.07) is 16.5. The van der Waals surface area contributed by atoms with Crippen molar-refractivity contribution in [1.29, 1.82) is 0 Å². The lowest BCUT2D eigenvalue weighted by Gasteiger charge is -2.12. The van der Waals surface area contributed by atoms with Gasteiger partial charge in [0.1, 0.15) is 11.9 Å². The van der Waals surface area contributed by atoms with E-state index in [0.29, 0.717) is 18.0 Å². The maximum Gasteiger partial charge on any atom is 0.412 e. The molecule has 0 aliphatic carbocycles. The molecular formula is C20H23ClN2O4. The van der Waals surface area contributed by atoms with Crippen LogP contribution in [0.15, 0.2) is 54.6 Å². The van der Waals surface area contributed by atoms with Crippen molar-refractivity contribution < 1.29 is 19.1 Å². The highest BCUT2D eigenvalue weighted by Gasteiger charge is 2.10. The fourth-order valence-corrected chi connectivity index (χ4v) is 2.33. The standard InChI is InChI=1S/C20H23ClN2O4/c1-15(14-21)26-20(25)23-17-10-5-11-18(13-17)27-19(24)22-12-6-9-16-7-3-2-4-8-16/h2-5,7-8,10-11,13,15H,6,9,12,14H2,1H3,(H,22,24)(H,23,25). The van der Waals surface area contributed by atoms with Gasteiger partial charge in [-0.05, 0) is 37.5 Å². The predicted molar refractivity (Wildman–Crippen MR) is 106 cm³/mol. The Hall–Kier alpha value is -2.73. The summed E-state index contributed by atoms with van der Waals surface area (Å²) in [5.74, 6) is 0.528. The van der Waals surface area contributed by atoms with Crippen LogP contribution in [0.25, 0.3) is 0 Å². The smallest absolute Gasteiger partial charge is 0.412 e. The summed E-state index contributed by atoms with van der Waals surface area (Å²) >= 11 is 5.60. The molecule has 0 saturated heterocycles. The van der Waals surface area contributed by atoms with Gasteiger partial charge >= 0.3 is 12.2 Å². The normalized spacial score (nSPS) is 11.3. The van der Waals surface area contributed by atoms with Crippen molar-refractivity contribution in [2.45, 2.75) is 25.9 Å². The van der Waals surface area contributed by atoms with E-state index in [2.05, 4.69) is 22.8 Å². The highest BCUT2D eigenvalue weighted by molar-refractivity contribution is 6.18. The van der Waals surface area contributed by atoms with Crippen molar-refractivity contribution in [2.75, 3.05) is 17.7 Å². The average molecular weight is 391 g/mol. The van der Waals surface area contributed by atoms with E-state index in [9.17, 15) is 9.59 Å². The lowest BCUT2D eigenvalue weighted by molar-refractivity contribution is 0.131. The fraction of sp³-hybridized carbons (Fsp3) is 0.300. The number of halogens is 1. The molecule has 7 heteroatoms. The van der Waals surface area contributed by atoms with E-state index in [1.54, 1.807) is 25.1 Å². The number of benzene rings is 2. The number of ether oxygens (including phenoxy) is 2. The van der Waals surface area contributed by atoms with Gasteiger partial charge in [-0.1, -0.05) is 36.4 Å². The molecule has 0 fully saturated rings. The number of hydrogen-bond acceptors (Lipinski definition) is 4. The minimum atomic E-state index is -0.620. The van der Waals surface area contributed by atoms with Gasteiger partial charge in [-0.3, -0.25) is 5.32 Å². The Bertz CT molecular complexity index is 740. The lowest BCUT2D eigenvalue weighted by Crippen LogP contribution is -2.28. The Labute approximate surface area is 163 Å². The van der Waals surface area contributed by atoms with Gasteiger partial charge in [0.2, 0.25) is 0 Å². The molecule has 0 aromatic heterocycles. The first-order chi connectivity index (χ1) is 13.1. The second kappa shape index (κ2) is 11.1. The van der Waals surface area contributed by atoms with Crippen LogP contribution < -0.4 is 15.4 Å². The predicted octanol–water partition coefficient (Wildman–Crippen LogP) is 4.58. The van der Waals surface area contributed by atoms with Crippen molar-refractivity contribution in [3.05, 3.63) is 60.2 Å². The van der Waals surface area contributed by atoms with Crippen LogP contribution in [-0.4, -0.2) is 30.7 Å². The summed E-state index contributed by atoms with van der Waals surface area (Å²) in [5, 5.41) is 5.27. The SMILES string of the molecule is CC(CCl)OC(=O)Nc1cccc(OC(=O)NCCCc2ccccc2)c1. The number of carbonyl (C=O) groups excluding carboxylic acids is 2. The number of anilines is 1. The van der Waals surface area contributed by atoms with Crippen LogP contribution in [0, 0.1) is 0 Å². The first-order valence-corrected chi connectivity index (χ1v) is 9.23. The first-order valence-electron chi connectivity index (χ1n) is 8.70. The largest absolute Gasteiger partial charge is 0.445 e. The molecule has 0 heterocycles. The molecule has 2 rings (SSSR count). The van der Waals surface area contributed by atoms with E-state index in [-0.39, 0.29) is 5.88 Å². The summed E-state index contributed by atoms with van der Waals surface area (Å²) in [6.45, 7) is 2.20. The Kier molecular flexibility index (Phi) is 8.45. The molecule has 0 bridgehead atoms. The molecule has 2 aromatic carbocycles. The van der Waals surface area contributed by atoms with E-state index in [1.165, 1.54) is 11.6 Å². The number of carbonyl (C=O) groups is 2. The summed E-state index contributed by atoms with van der Waals surface area (Å²) in [6.07, 6.45) is 0.131. The van der Waals surface area contributed by atoms with Gasteiger partial charge in [-0.2, -0.15) is 0 Å². The maximum atomic E-state index is 11.9. The molecule has 1 atom stereocenters. The van der Waals surface area contributed by atoms with Gasteiger partial charge in [0.15, 0.2) is 0 Å². The number of amides is 2. The Morgan fingerprint density at radius 3 is 2.59 bits per heavy atom. The monoisotopic (exact) mass is 390 g/mol. The summed E-state index contributed by atoms with van der Waals surface area (Å²) < 4.78 is 10.3. The van der Waals surface area contributed by atoms with Crippen LogP contribution in [0.4, 0.5) is 15.3 Å². The third-order valence-electron chi connectivity index (χ3n) is 3.57. The second-order valence-electron chi connectivity index (χ2n) is 5.93. The maximum absolute atomic E-state index is 11.9. The van der Waals surface area contributed by atoms with Crippen molar-refractivity contribution in [3.63, 3.8) is 0 Å². The van der Waals surface area contributed by atoms with Crippen molar-refractivity contribution in [2.24, 2.45) is 0 Å². The molecular weight excluding hydrogens is 368 g/mol. The number of alkyl halides is 1. The molecule has 0 spiro atoms. The quantitative estimate of drug-likeness (QED) is 0.510. The topological polar surface area (TPSA) is 76.7 Å². The number of rotatable bonds is 8. The summed E-state index contributed by atoms with van der Waals surface area (Å²) in [4.78, 5) is 23.6. The highest BCUT2D eigenvalue weighted by atomic mass is 35.5. The van der Waals surface area contributed by atoms with Gasteiger partial charge in [0.25, 0.3) is 0 Å². The average Bonchev–Trinajstić information content (AvgIpc) is 2.66. The molecule has 2 aromatic rings. The minimum absolute atomic E-state index is 0.209. The zero-order valence-corrected chi connectivity index (χ0v) is 15.9. The van der Waals surface area contributed by atoms with Gasteiger partial charge in [-0.25, -0.2) is 9.59 Å². The van der Waals surface area contributed by atoms with E-state index in [0.717, 1.165) is 12.8 Å². The van der Waals surface area contributed by atoms with Gasteiger partial charge in [0.05, 0.1) is 5.88 Å². The van der Waals surface area contributed by atoms with Crippen LogP contribution in [0.3, 0.4) is 0 Å². The van der Waals surface area contributed by atoms with Crippen molar-refractivity contribution in [3.8, 4) is 5.75 Å². The number of aryl methyl sites for hydroxylation is 1. The number of hydrogen-bond donors (Lipinski definition) is 2. The van der Waals surface area contributed by atoms with Crippen LogP contribution >= 0.6 is 11.6 Å². The van der Waals surface area contributed by atoms with Crippen LogP contribution in [0.5, 0.6) is 5.75 Å². The van der Waals surface area contributed by atoms with Gasteiger partial charge in [0, 0.05) is 18.3 Å². The molecule has 2 N–H and O–H groups in total. The molecule has 144 valence electrons. The van der Waals surface area contributed by atoms with E-state index >= 15 is 0 Å².